The first kappa shape index (κ1) is 13.8. The van der Waals surface area contributed by atoms with Crippen molar-refractivity contribution >= 4 is 12.0 Å². The van der Waals surface area contributed by atoms with Gasteiger partial charge in [-0.2, -0.15) is 0 Å². The number of hydrogen-bond acceptors (Lipinski definition) is 4. The van der Waals surface area contributed by atoms with E-state index >= 15 is 0 Å². The van der Waals surface area contributed by atoms with Gasteiger partial charge in [-0.25, -0.2) is 0 Å². The van der Waals surface area contributed by atoms with Crippen LogP contribution in [0.15, 0.2) is 18.2 Å². The Hall–Kier alpha value is -2.17. The molecule has 2 aliphatic rings. The molecule has 1 amide bonds. The Kier molecular flexibility index (Phi) is 3.99. The summed E-state index contributed by atoms with van der Waals surface area (Å²) in [6.07, 6.45) is 6.78. The van der Waals surface area contributed by atoms with E-state index in [9.17, 15) is 4.79 Å². The van der Waals surface area contributed by atoms with Crippen molar-refractivity contribution in [3.63, 3.8) is 0 Å². The molecule has 3 rings (SSSR count). The second-order valence-electron chi connectivity index (χ2n) is 5.14. The summed E-state index contributed by atoms with van der Waals surface area (Å²) in [7, 11) is 1.59. The largest absolute Gasteiger partial charge is 0.493 e. The molecule has 1 fully saturated rings. The summed E-state index contributed by atoms with van der Waals surface area (Å²) in [6.45, 7) is 1.88. The molecule has 0 atom stereocenters. The molecule has 1 aromatic carbocycles. The predicted octanol–water partition coefficient (Wildman–Crippen LogP) is 2.45. The molecule has 0 aliphatic carbocycles. The fraction of sp³-hybridized carbons (Fsp3) is 0.438. The fourth-order valence-electron chi connectivity index (χ4n) is 2.67. The second kappa shape index (κ2) is 6.08. The van der Waals surface area contributed by atoms with Gasteiger partial charge in [0, 0.05) is 24.7 Å². The van der Waals surface area contributed by atoms with Crippen LogP contribution in [0.4, 0.5) is 0 Å². The van der Waals surface area contributed by atoms with E-state index in [2.05, 4.69) is 0 Å². The van der Waals surface area contributed by atoms with E-state index in [4.69, 9.17) is 14.2 Å². The van der Waals surface area contributed by atoms with Gasteiger partial charge in [0.05, 0.1) is 7.11 Å². The van der Waals surface area contributed by atoms with Crippen molar-refractivity contribution in [1.82, 2.24) is 4.90 Å². The van der Waals surface area contributed by atoms with Crippen LogP contribution in [0, 0.1) is 0 Å². The Morgan fingerprint density at radius 3 is 2.71 bits per heavy atom. The van der Waals surface area contributed by atoms with Gasteiger partial charge in [0.1, 0.15) is 0 Å². The van der Waals surface area contributed by atoms with Crippen molar-refractivity contribution in [3.05, 3.63) is 23.8 Å². The van der Waals surface area contributed by atoms with Crippen LogP contribution in [0.1, 0.15) is 24.8 Å². The molecule has 0 saturated carbocycles. The predicted molar refractivity (Wildman–Crippen MR) is 78.6 cm³/mol. The molecule has 0 bridgehead atoms. The molecular weight excluding hydrogens is 270 g/mol. The molecular formula is C16H19NO4. The van der Waals surface area contributed by atoms with Crippen LogP contribution in [-0.2, 0) is 4.79 Å². The molecule has 21 heavy (non-hydrogen) atoms. The number of carbonyl (C=O) groups is 1. The topological polar surface area (TPSA) is 48.0 Å². The first-order valence-corrected chi connectivity index (χ1v) is 7.23. The van der Waals surface area contributed by atoms with Crippen molar-refractivity contribution < 1.29 is 19.0 Å². The Labute approximate surface area is 124 Å². The molecule has 1 aromatic rings. The summed E-state index contributed by atoms with van der Waals surface area (Å²) >= 11 is 0. The molecule has 112 valence electrons. The highest BCUT2D eigenvalue weighted by molar-refractivity contribution is 5.92. The van der Waals surface area contributed by atoms with Crippen LogP contribution in [0.2, 0.25) is 0 Å². The third kappa shape index (κ3) is 2.82. The van der Waals surface area contributed by atoms with E-state index in [-0.39, 0.29) is 12.7 Å². The molecule has 0 aromatic heterocycles. The zero-order valence-corrected chi connectivity index (χ0v) is 12.1. The van der Waals surface area contributed by atoms with E-state index in [1.165, 1.54) is 6.42 Å². The number of benzene rings is 1. The van der Waals surface area contributed by atoms with Crippen LogP contribution in [0.25, 0.3) is 6.08 Å². The quantitative estimate of drug-likeness (QED) is 0.802. The number of fused-ring (bicyclic) bond motifs is 1. The lowest BCUT2D eigenvalue weighted by Crippen LogP contribution is -2.34. The number of rotatable bonds is 3. The van der Waals surface area contributed by atoms with Crippen LogP contribution in [0.5, 0.6) is 17.2 Å². The SMILES string of the molecule is COc1ccc(/C=C\C(=O)N2CCCCC2)c2c1OCO2. The van der Waals surface area contributed by atoms with Crippen LogP contribution in [-0.4, -0.2) is 37.8 Å². The van der Waals surface area contributed by atoms with Crippen LogP contribution in [0.3, 0.4) is 0 Å². The van der Waals surface area contributed by atoms with Gasteiger partial charge in [-0.15, -0.1) is 0 Å². The summed E-state index contributed by atoms with van der Waals surface area (Å²) < 4.78 is 16.1. The minimum absolute atomic E-state index is 0.0539. The molecule has 0 N–H and O–H groups in total. The summed E-state index contributed by atoms with van der Waals surface area (Å²) in [5.74, 6) is 1.93. The molecule has 0 radical (unpaired) electrons. The van der Waals surface area contributed by atoms with Crippen LogP contribution < -0.4 is 14.2 Å². The first-order valence-electron chi connectivity index (χ1n) is 7.23. The Morgan fingerprint density at radius 2 is 1.95 bits per heavy atom. The zero-order valence-electron chi connectivity index (χ0n) is 12.1. The number of nitrogens with zero attached hydrogens (tertiary/aromatic N) is 1. The lowest BCUT2D eigenvalue weighted by atomic mass is 10.1. The summed E-state index contributed by atoms with van der Waals surface area (Å²) in [6, 6.07) is 3.69. The number of likely N-dealkylation sites (tertiary alicyclic amines) is 1. The monoisotopic (exact) mass is 289 g/mol. The zero-order chi connectivity index (χ0) is 14.7. The Balaban J connectivity index is 1.77. The number of amides is 1. The maximum Gasteiger partial charge on any atom is 0.246 e. The number of carbonyl (C=O) groups excluding carboxylic acids is 1. The second-order valence-corrected chi connectivity index (χ2v) is 5.14. The number of piperidine rings is 1. The van der Waals surface area contributed by atoms with Gasteiger partial charge >= 0.3 is 0 Å². The normalized spacial score (nSPS) is 17.3. The highest BCUT2D eigenvalue weighted by Gasteiger charge is 2.22. The number of hydrogen-bond donors (Lipinski definition) is 0. The molecule has 2 heterocycles. The van der Waals surface area contributed by atoms with Gasteiger partial charge in [0.2, 0.25) is 18.4 Å². The average molecular weight is 289 g/mol. The van der Waals surface area contributed by atoms with Gasteiger partial charge in [0.15, 0.2) is 11.5 Å². The fourth-order valence-corrected chi connectivity index (χ4v) is 2.67. The third-order valence-corrected chi connectivity index (χ3v) is 3.81. The Morgan fingerprint density at radius 1 is 1.19 bits per heavy atom. The van der Waals surface area contributed by atoms with E-state index < -0.39 is 0 Å². The maximum atomic E-state index is 12.1. The van der Waals surface area contributed by atoms with Crippen molar-refractivity contribution in [3.8, 4) is 17.2 Å². The van der Waals surface area contributed by atoms with Gasteiger partial charge in [0.25, 0.3) is 0 Å². The lowest BCUT2D eigenvalue weighted by Gasteiger charge is -2.25. The van der Waals surface area contributed by atoms with Crippen molar-refractivity contribution in [1.29, 1.82) is 0 Å². The minimum Gasteiger partial charge on any atom is -0.493 e. The van der Waals surface area contributed by atoms with Crippen molar-refractivity contribution in [2.75, 3.05) is 27.0 Å². The average Bonchev–Trinajstić information content (AvgIpc) is 3.03. The van der Waals surface area contributed by atoms with Gasteiger partial charge in [-0.05, 0) is 37.5 Å². The highest BCUT2D eigenvalue weighted by atomic mass is 16.7. The maximum absolute atomic E-state index is 12.1. The highest BCUT2D eigenvalue weighted by Crippen LogP contribution is 2.43. The van der Waals surface area contributed by atoms with Gasteiger partial charge < -0.3 is 19.1 Å². The molecule has 5 heteroatoms. The van der Waals surface area contributed by atoms with E-state index in [0.717, 1.165) is 31.5 Å². The summed E-state index contributed by atoms with van der Waals surface area (Å²) in [5, 5.41) is 0. The third-order valence-electron chi connectivity index (χ3n) is 3.81. The van der Waals surface area contributed by atoms with Crippen LogP contribution >= 0.6 is 0 Å². The van der Waals surface area contributed by atoms with Crippen molar-refractivity contribution in [2.45, 2.75) is 19.3 Å². The standard InChI is InChI=1S/C16H19NO4/c1-19-13-7-5-12(15-16(13)21-11-20-15)6-8-14(18)17-9-3-2-4-10-17/h5-8H,2-4,9-11H2,1H3/b8-6-. The molecule has 0 unspecified atom stereocenters. The minimum atomic E-state index is 0.0539. The number of ether oxygens (including phenoxy) is 3. The smallest absolute Gasteiger partial charge is 0.246 e. The van der Waals surface area contributed by atoms with Crippen molar-refractivity contribution in [2.24, 2.45) is 0 Å². The van der Waals surface area contributed by atoms with Gasteiger partial charge in [-0.3, -0.25) is 4.79 Å². The lowest BCUT2D eigenvalue weighted by molar-refractivity contribution is -0.126. The Bertz CT molecular complexity index is 562. The summed E-state index contributed by atoms with van der Waals surface area (Å²) in [4.78, 5) is 14.0. The van der Waals surface area contributed by atoms with E-state index in [1.54, 1.807) is 19.3 Å². The molecule has 5 nitrogen and oxygen atoms in total. The summed E-state index contributed by atoms with van der Waals surface area (Å²) in [5.41, 5.74) is 0.827. The molecule has 0 spiro atoms. The molecule has 2 aliphatic heterocycles. The number of methoxy groups -OCH3 is 1. The van der Waals surface area contributed by atoms with E-state index in [0.29, 0.717) is 17.2 Å². The first-order chi connectivity index (χ1) is 10.3. The van der Waals surface area contributed by atoms with E-state index in [1.807, 2.05) is 17.0 Å². The molecule has 1 saturated heterocycles. The van der Waals surface area contributed by atoms with Gasteiger partial charge in [-0.1, -0.05) is 0 Å².